The first kappa shape index (κ1) is 48.0. The Balaban J connectivity index is 0.758. The maximum atomic E-state index is 14.0. The number of phenolic OH excluding ortho intramolecular Hbond substituents is 1. The van der Waals surface area contributed by atoms with E-state index in [1.807, 2.05) is 83.8 Å². The Hall–Kier alpha value is -7.00. The number of aromatic nitrogens is 1. The van der Waals surface area contributed by atoms with Crippen LogP contribution in [-0.4, -0.2) is 94.4 Å². The molecule has 2 amide bonds. The second kappa shape index (κ2) is 22.6. The van der Waals surface area contributed by atoms with Gasteiger partial charge in [0, 0.05) is 42.7 Å². The fraction of sp³-hybridized carbons (Fsp3) is 0.357. The highest BCUT2D eigenvalue weighted by molar-refractivity contribution is 5.94. The summed E-state index contributed by atoms with van der Waals surface area (Å²) in [6.07, 6.45) is 5.66. The SMILES string of the molecule is O=C(NC(c1ccccc1)c1cccc(OCc2ccc(C(=O)OCCN(C(=O)c3ccc(CNC[C@H](O)c4ccc(O)c5[nH]c(=O)ccc45)cc3)C3CCCCC3)cc2)c1)O[C@H]1CN2CCC1CC2. The first-order valence-electron chi connectivity index (χ1n) is 24.5. The van der Waals surface area contributed by atoms with Crippen LogP contribution in [0.25, 0.3) is 10.9 Å². The zero-order valence-electron chi connectivity index (χ0n) is 39.3. The van der Waals surface area contributed by atoms with E-state index in [0.29, 0.717) is 40.3 Å². The van der Waals surface area contributed by atoms with Crippen molar-refractivity contribution in [3.05, 3.63) is 177 Å². The van der Waals surface area contributed by atoms with E-state index in [-0.39, 0.29) is 61.2 Å². The van der Waals surface area contributed by atoms with Crippen LogP contribution < -0.4 is 20.9 Å². The number of aromatic amines is 1. The van der Waals surface area contributed by atoms with Gasteiger partial charge in [0.2, 0.25) is 5.56 Å². The lowest BCUT2D eigenvalue weighted by Crippen LogP contribution is -2.52. The van der Waals surface area contributed by atoms with Gasteiger partial charge in [0.05, 0.1) is 29.8 Å². The van der Waals surface area contributed by atoms with Gasteiger partial charge >= 0.3 is 12.1 Å². The summed E-state index contributed by atoms with van der Waals surface area (Å²) in [5.41, 5.74) is 5.02. The number of pyridine rings is 1. The van der Waals surface area contributed by atoms with Gasteiger partial charge in [-0.1, -0.05) is 92.1 Å². The smallest absolute Gasteiger partial charge is 0.408 e. The zero-order chi connectivity index (χ0) is 48.4. The average Bonchev–Trinajstić information content (AvgIpc) is 3.40. The Kier molecular flexibility index (Phi) is 15.5. The van der Waals surface area contributed by atoms with E-state index < -0.39 is 24.2 Å². The van der Waals surface area contributed by atoms with Crippen LogP contribution in [0.5, 0.6) is 11.5 Å². The summed E-state index contributed by atoms with van der Waals surface area (Å²) in [4.78, 5) is 59.2. The minimum Gasteiger partial charge on any atom is -0.506 e. The van der Waals surface area contributed by atoms with Crippen LogP contribution >= 0.6 is 0 Å². The number of aliphatic hydroxyl groups is 1. The Morgan fingerprint density at radius 1 is 0.786 bits per heavy atom. The minimum absolute atomic E-state index is 0.0494. The largest absolute Gasteiger partial charge is 0.506 e. The number of aromatic hydroxyl groups is 1. The Bertz CT molecular complexity index is 2790. The summed E-state index contributed by atoms with van der Waals surface area (Å²) < 4.78 is 18.0. The van der Waals surface area contributed by atoms with Gasteiger partial charge in [-0.05, 0) is 121 Å². The normalized spacial score (nSPS) is 18.7. The average molecular weight is 948 g/mol. The monoisotopic (exact) mass is 947 g/mol. The van der Waals surface area contributed by atoms with Crippen molar-refractivity contribution < 1.29 is 38.8 Å². The number of amides is 2. The Morgan fingerprint density at radius 2 is 1.51 bits per heavy atom. The number of H-pyrrole nitrogens is 1. The van der Waals surface area contributed by atoms with E-state index in [9.17, 15) is 29.4 Å². The van der Waals surface area contributed by atoms with Gasteiger partial charge in [0.1, 0.15) is 30.8 Å². The third-order valence-corrected chi connectivity index (χ3v) is 14.0. The summed E-state index contributed by atoms with van der Waals surface area (Å²) in [7, 11) is 0. The molecule has 1 aliphatic carbocycles. The molecule has 14 nitrogen and oxygen atoms in total. The molecule has 0 spiro atoms. The van der Waals surface area contributed by atoms with Crippen molar-refractivity contribution in [1.29, 1.82) is 0 Å². The van der Waals surface area contributed by atoms with Crippen LogP contribution in [0.15, 0.2) is 132 Å². The molecule has 1 saturated carbocycles. The van der Waals surface area contributed by atoms with Gasteiger partial charge in [0.15, 0.2) is 0 Å². The zero-order valence-corrected chi connectivity index (χ0v) is 39.3. The van der Waals surface area contributed by atoms with Crippen molar-refractivity contribution in [2.24, 2.45) is 5.92 Å². The summed E-state index contributed by atoms with van der Waals surface area (Å²) in [6, 6.07) is 37.6. The van der Waals surface area contributed by atoms with Crippen LogP contribution in [0.4, 0.5) is 4.79 Å². The molecule has 3 saturated heterocycles. The van der Waals surface area contributed by atoms with Gasteiger partial charge in [-0.3, -0.25) is 14.5 Å². The van der Waals surface area contributed by atoms with Crippen LogP contribution in [-0.2, 0) is 22.6 Å². The lowest BCUT2D eigenvalue weighted by Gasteiger charge is -2.43. The van der Waals surface area contributed by atoms with Gasteiger partial charge in [-0.2, -0.15) is 0 Å². The third-order valence-electron chi connectivity index (χ3n) is 14.0. The number of rotatable bonds is 18. The molecule has 1 unspecified atom stereocenters. The number of ether oxygens (including phenoxy) is 3. The second-order valence-electron chi connectivity index (χ2n) is 18.7. The highest BCUT2D eigenvalue weighted by atomic mass is 16.6. The van der Waals surface area contributed by atoms with Gasteiger partial charge < -0.3 is 44.9 Å². The van der Waals surface area contributed by atoms with E-state index >= 15 is 0 Å². The number of aliphatic hydroxyl groups excluding tert-OH is 1. The summed E-state index contributed by atoms with van der Waals surface area (Å²) >= 11 is 0. The van der Waals surface area contributed by atoms with Crippen molar-refractivity contribution >= 4 is 28.9 Å². The summed E-state index contributed by atoms with van der Waals surface area (Å²) in [5.74, 6) is 0.387. The number of esters is 1. The van der Waals surface area contributed by atoms with Crippen molar-refractivity contribution in [2.45, 2.75) is 82.4 Å². The van der Waals surface area contributed by atoms with Crippen LogP contribution in [0.2, 0.25) is 0 Å². The predicted molar refractivity (Wildman–Crippen MR) is 266 cm³/mol. The molecule has 4 fully saturated rings. The number of carbonyl (C=O) groups excluding carboxylic acids is 3. The number of benzene rings is 5. The molecule has 0 radical (unpaired) electrons. The molecule has 5 aromatic carbocycles. The molecule has 4 aliphatic rings. The topological polar surface area (TPSA) is 183 Å². The van der Waals surface area contributed by atoms with E-state index in [2.05, 4.69) is 20.5 Å². The lowest BCUT2D eigenvalue weighted by molar-refractivity contribution is -0.0336. The maximum absolute atomic E-state index is 14.0. The molecule has 6 aromatic rings. The molecule has 10 rings (SSSR count). The number of nitrogens with one attached hydrogen (secondary N) is 3. The number of hydrogen-bond donors (Lipinski definition) is 5. The number of phenols is 1. The second-order valence-corrected chi connectivity index (χ2v) is 18.7. The van der Waals surface area contributed by atoms with E-state index in [1.54, 1.807) is 36.4 Å². The van der Waals surface area contributed by atoms with E-state index in [0.717, 1.165) is 86.8 Å². The van der Waals surface area contributed by atoms with Gasteiger partial charge in [-0.25, -0.2) is 9.59 Å². The van der Waals surface area contributed by atoms with Crippen molar-refractivity contribution in [3.63, 3.8) is 0 Å². The first-order chi connectivity index (χ1) is 34.1. The number of carbonyl (C=O) groups is 3. The molecular weight excluding hydrogens is 887 g/mol. The lowest BCUT2D eigenvalue weighted by atomic mass is 9.86. The fourth-order valence-corrected chi connectivity index (χ4v) is 10.1. The number of hydrogen-bond acceptors (Lipinski definition) is 11. The quantitative estimate of drug-likeness (QED) is 0.0524. The molecule has 4 heterocycles. The molecule has 3 atom stereocenters. The predicted octanol–water partition coefficient (Wildman–Crippen LogP) is 8.18. The molecule has 14 heteroatoms. The van der Waals surface area contributed by atoms with Crippen molar-refractivity contribution in [3.8, 4) is 11.5 Å². The summed E-state index contributed by atoms with van der Waals surface area (Å²) in [6.45, 7) is 4.16. The number of piperidine rings is 3. The molecular formula is C56H61N5O9. The Labute approximate surface area is 407 Å². The highest BCUT2D eigenvalue weighted by Crippen LogP contribution is 2.32. The molecule has 5 N–H and O–H groups in total. The Morgan fingerprint density at radius 3 is 2.26 bits per heavy atom. The van der Waals surface area contributed by atoms with Crippen molar-refractivity contribution in [2.75, 3.05) is 39.3 Å². The van der Waals surface area contributed by atoms with Gasteiger partial charge in [-0.15, -0.1) is 0 Å². The maximum Gasteiger partial charge on any atom is 0.408 e. The van der Waals surface area contributed by atoms with E-state index in [1.165, 1.54) is 12.1 Å². The number of nitrogens with zero attached hydrogens (tertiary/aromatic N) is 2. The molecule has 3 aliphatic heterocycles. The van der Waals surface area contributed by atoms with Crippen LogP contribution in [0, 0.1) is 5.92 Å². The summed E-state index contributed by atoms with van der Waals surface area (Å²) in [5, 5.41) is 28.1. The van der Waals surface area contributed by atoms with E-state index in [4.69, 9.17) is 14.2 Å². The van der Waals surface area contributed by atoms with Gasteiger partial charge in [0.25, 0.3) is 5.91 Å². The first-order valence-corrected chi connectivity index (χ1v) is 24.5. The molecule has 70 heavy (non-hydrogen) atoms. The van der Waals surface area contributed by atoms with Crippen LogP contribution in [0.1, 0.15) is 106 Å². The highest BCUT2D eigenvalue weighted by Gasteiger charge is 2.37. The standard InChI is InChI=1S/C56H61N5O9/c62-48-24-22-46(47-23-25-51(64)58-53(47)48)49(63)34-57-33-37-14-18-41(19-15-37)54(65)61(44-11-5-2-6-12-44)30-31-68-55(66)42-20-16-38(17-21-42)36-69-45-13-7-10-43(32-45)52(40-8-3-1-4-9-40)59-56(67)70-50-35-60-28-26-39(50)27-29-60/h1,3-4,7-10,13-25,32,39,44,49-50,52,57,62-63H,2,5-6,11-12,26-31,33-36H2,(H,58,64)(H,59,67)/t49-,50-,52?/m0/s1. The minimum atomic E-state index is -0.897. The molecule has 1 aromatic heterocycles. The number of fused-ring (bicyclic) bond motifs is 4. The molecule has 364 valence electrons. The number of alkyl carbamates (subject to hydrolysis) is 1. The third kappa shape index (κ3) is 11.9. The van der Waals surface area contributed by atoms with Crippen molar-refractivity contribution in [1.82, 2.24) is 25.4 Å². The van der Waals surface area contributed by atoms with Crippen LogP contribution in [0.3, 0.4) is 0 Å². The molecule has 2 bridgehead atoms. The fourth-order valence-electron chi connectivity index (χ4n) is 10.1.